The van der Waals surface area contributed by atoms with Gasteiger partial charge in [0.05, 0.1) is 12.7 Å². The number of hydrogen-bond donors (Lipinski definition) is 1. The molecule has 0 radical (unpaired) electrons. The Kier molecular flexibility index (Phi) is 5.18. The lowest BCUT2D eigenvalue weighted by atomic mass is 10.3. The molecule has 1 N–H and O–H groups in total. The molecule has 6 heteroatoms. The third kappa shape index (κ3) is 3.77. The van der Waals surface area contributed by atoms with E-state index in [9.17, 15) is 4.21 Å². The van der Waals surface area contributed by atoms with E-state index >= 15 is 0 Å². The van der Waals surface area contributed by atoms with Crippen molar-refractivity contribution in [1.82, 2.24) is 9.97 Å². The van der Waals surface area contributed by atoms with Crippen LogP contribution in [-0.4, -0.2) is 39.8 Å². The van der Waals surface area contributed by atoms with Crippen LogP contribution in [0.5, 0.6) is 5.88 Å². The van der Waals surface area contributed by atoms with Crippen molar-refractivity contribution in [3.05, 3.63) is 11.9 Å². The van der Waals surface area contributed by atoms with Gasteiger partial charge >= 0.3 is 0 Å². The average molecular weight is 243 g/mol. The molecule has 0 bridgehead atoms. The molecule has 0 aliphatic carbocycles. The lowest BCUT2D eigenvalue weighted by Gasteiger charge is -2.09. The number of aromatic nitrogens is 2. The lowest BCUT2D eigenvalue weighted by molar-refractivity contribution is 0.393. The zero-order chi connectivity index (χ0) is 12.0. The number of anilines is 1. The minimum Gasteiger partial charge on any atom is -0.481 e. The third-order valence-corrected chi connectivity index (χ3v) is 3.00. The van der Waals surface area contributed by atoms with Crippen molar-refractivity contribution < 1.29 is 8.95 Å². The van der Waals surface area contributed by atoms with Gasteiger partial charge < -0.3 is 10.1 Å². The van der Waals surface area contributed by atoms with E-state index in [1.165, 1.54) is 6.33 Å². The van der Waals surface area contributed by atoms with Crippen LogP contribution in [0.2, 0.25) is 0 Å². The number of nitrogens with one attached hydrogen (secondary N) is 1. The second-order valence-corrected chi connectivity index (χ2v) is 4.97. The van der Waals surface area contributed by atoms with Gasteiger partial charge in [-0.05, 0) is 13.3 Å². The highest BCUT2D eigenvalue weighted by Gasteiger charge is 2.05. The lowest BCUT2D eigenvalue weighted by Crippen LogP contribution is -2.09. The predicted octanol–water partition coefficient (Wildman–Crippen LogP) is 0.974. The maximum atomic E-state index is 10.9. The molecule has 1 atom stereocenters. The molecule has 16 heavy (non-hydrogen) atoms. The van der Waals surface area contributed by atoms with Crippen LogP contribution in [0, 0.1) is 6.92 Å². The highest BCUT2D eigenvalue weighted by molar-refractivity contribution is 7.84. The molecule has 0 spiro atoms. The van der Waals surface area contributed by atoms with Crippen molar-refractivity contribution in [3.8, 4) is 5.88 Å². The Morgan fingerprint density at radius 2 is 2.25 bits per heavy atom. The Morgan fingerprint density at radius 3 is 2.88 bits per heavy atom. The van der Waals surface area contributed by atoms with Crippen LogP contribution in [0.1, 0.15) is 12.0 Å². The number of ether oxygens (including phenoxy) is 1. The van der Waals surface area contributed by atoms with E-state index in [1.807, 2.05) is 6.92 Å². The first-order valence-electron chi connectivity index (χ1n) is 5.04. The average Bonchev–Trinajstić information content (AvgIpc) is 2.26. The van der Waals surface area contributed by atoms with E-state index in [1.54, 1.807) is 13.4 Å². The molecule has 1 rings (SSSR count). The summed E-state index contributed by atoms with van der Waals surface area (Å²) in [7, 11) is 0.850. The molecule has 0 saturated carbocycles. The molecule has 1 heterocycles. The quantitative estimate of drug-likeness (QED) is 0.754. The van der Waals surface area contributed by atoms with Gasteiger partial charge in [0.15, 0.2) is 0 Å². The van der Waals surface area contributed by atoms with Crippen molar-refractivity contribution in [2.24, 2.45) is 0 Å². The second kappa shape index (κ2) is 6.42. The summed E-state index contributed by atoms with van der Waals surface area (Å²) in [6, 6.07) is 0. The summed E-state index contributed by atoms with van der Waals surface area (Å²) >= 11 is 0. The van der Waals surface area contributed by atoms with E-state index in [0.717, 1.165) is 24.3 Å². The van der Waals surface area contributed by atoms with Crippen LogP contribution >= 0.6 is 0 Å². The van der Waals surface area contributed by atoms with Crippen LogP contribution < -0.4 is 10.1 Å². The fraction of sp³-hybridized carbons (Fsp3) is 0.600. The summed E-state index contributed by atoms with van der Waals surface area (Å²) in [5.41, 5.74) is 0.891. The summed E-state index contributed by atoms with van der Waals surface area (Å²) in [5, 5.41) is 3.18. The van der Waals surface area contributed by atoms with Gasteiger partial charge in [-0.3, -0.25) is 4.21 Å². The maximum Gasteiger partial charge on any atom is 0.221 e. The van der Waals surface area contributed by atoms with Crippen molar-refractivity contribution in [2.45, 2.75) is 13.3 Å². The molecule has 0 amide bonds. The first kappa shape index (κ1) is 12.9. The summed E-state index contributed by atoms with van der Waals surface area (Å²) in [6.45, 7) is 2.65. The highest BCUT2D eigenvalue weighted by Crippen LogP contribution is 2.19. The molecule has 0 aliphatic heterocycles. The fourth-order valence-electron chi connectivity index (χ4n) is 1.30. The SMILES string of the molecule is COc1ncnc(NCCCS(C)=O)c1C. The third-order valence-electron chi connectivity index (χ3n) is 2.13. The van der Waals surface area contributed by atoms with Gasteiger partial charge in [0.2, 0.25) is 5.88 Å². The molecule has 1 unspecified atom stereocenters. The fourth-order valence-corrected chi connectivity index (χ4v) is 1.85. The predicted molar refractivity (Wildman–Crippen MR) is 65.4 cm³/mol. The minimum atomic E-state index is -0.732. The monoisotopic (exact) mass is 243 g/mol. The number of nitrogens with zero attached hydrogens (tertiary/aromatic N) is 2. The van der Waals surface area contributed by atoms with Gasteiger partial charge in [-0.15, -0.1) is 0 Å². The topological polar surface area (TPSA) is 64.1 Å². The number of hydrogen-bond acceptors (Lipinski definition) is 5. The Morgan fingerprint density at radius 1 is 1.50 bits per heavy atom. The van der Waals surface area contributed by atoms with Crippen molar-refractivity contribution in [1.29, 1.82) is 0 Å². The molecule has 1 aromatic heterocycles. The van der Waals surface area contributed by atoms with E-state index in [2.05, 4.69) is 15.3 Å². The molecule has 0 fully saturated rings. The summed E-state index contributed by atoms with van der Waals surface area (Å²) in [4.78, 5) is 8.12. The number of methoxy groups -OCH3 is 1. The second-order valence-electron chi connectivity index (χ2n) is 3.41. The molecule has 0 aromatic carbocycles. The van der Waals surface area contributed by atoms with E-state index in [-0.39, 0.29) is 0 Å². The van der Waals surface area contributed by atoms with Gasteiger partial charge in [0.1, 0.15) is 12.1 Å². The van der Waals surface area contributed by atoms with Crippen LogP contribution in [-0.2, 0) is 10.8 Å². The molecular weight excluding hydrogens is 226 g/mol. The van der Waals surface area contributed by atoms with E-state index < -0.39 is 10.8 Å². The van der Waals surface area contributed by atoms with Gasteiger partial charge in [0, 0.05) is 29.4 Å². The smallest absolute Gasteiger partial charge is 0.221 e. The molecule has 1 aromatic rings. The van der Waals surface area contributed by atoms with Gasteiger partial charge in [-0.25, -0.2) is 9.97 Å². The van der Waals surface area contributed by atoms with Crippen LogP contribution in [0.15, 0.2) is 6.33 Å². The zero-order valence-corrected chi connectivity index (χ0v) is 10.6. The summed E-state index contributed by atoms with van der Waals surface area (Å²) in [6.07, 6.45) is 4.03. The van der Waals surface area contributed by atoms with Crippen LogP contribution in [0.25, 0.3) is 0 Å². The minimum absolute atomic E-state index is 0.580. The molecular formula is C10H17N3O2S. The Labute approximate surface area is 98.1 Å². The van der Waals surface area contributed by atoms with Gasteiger partial charge in [-0.2, -0.15) is 0 Å². The van der Waals surface area contributed by atoms with E-state index in [4.69, 9.17) is 4.74 Å². The first-order valence-corrected chi connectivity index (χ1v) is 6.77. The standard InChI is InChI=1S/C10H17N3O2S/c1-8-9(11-5-4-6-16(3)14)12-7-13-10(8)15-2/h7H,4-6H2,1-3H3,(H,11,12,13). The largest absolute Gasteiger partial charge is 0.481 e. The number of rotatable bonds is 6. The Bertz CT molecular complexity index is 371. The van der Waals surface area contributed by atoms with Crippen LogP contribution in [0.3, 0.4) is 0 Å². The van der Waals surface area contributed by atoms with Crippen molar-refractivity contribution in [3.63, 3.8) is 0 Å². The van der Waals surface area contributed by atoms with Gasteiger partial charge in [-0.1, -0.05) is 0 Å². The molecule has 5 nitrogen and oxygen atoms in total. The zero-order valence-electron chi connectivity index (χ0n) is 9.82. The highest BCUT2D eigenvalue weighted by atomic mass is 32.2. The Balaban J connectivity index is 2.50. The molecule has 0 aliphatic rings. The molecule has 90 valence electrons. The Hall–Kier alpha value is -1.17. The normalized spacial score (nSPS) is 12.2. The van der Waals surface area contributed by atoms with Gasteiger partial charge in [0.25, 0.3) is 0 Å². The first-order chi connectivity index (χ1) is 7.65. The molecule has 0 saturated heterocycles. The van der Waals surface area contributed by atoms with Crippen LogP contribution in [0.4, 0.5) is 5.82 Å². The van der Waals surface area contributed by atoms with E-state index in [0.29, 0.717) is 11.6 Å². The van der Waals surface area contributed by atoms with Crippen molar-refractivity contribution in [2.75, 3.05) is 31.0 Å². The summed E-state index contributed by atoms with van der Waals surface area (Å²) in [5.74, 6) is 2.05. The van der Waals surface area contributed by atoms with Crippen molar-refractivity contribution >= 4 is 16.6 Å². The summed E-state index contributed by atoms with van der Waals surface area (Å²) < 4.78 is 16.0. The maximum absolute atomic E-state index is 10.9.